The van der Waals surface area contributed by atoms with E-state index in [1.807, 2.05) is 36.4 Å². The lowest BCUT2D eigenvalue weighted by molar-refractivity contribution is 0.103. The van der Waals surface area contributed by atoms with Gasteiger partial charge in [0.2, 0.25) is 0 Å². The van der Waals surface area contributed by atoms with Crippen LogP contribution >= 0.6 is 0 Å². The van der Waals surface area contributed by atoms with Crippen LogP contribution in [0, 0.1) is 35.3 Å². The fourth-order valence-corrected chi connectivity index (χ4v) is 3.98. The van der Waals surface area contributed by atoms with E-state index < -0.39 is 11.6 Å². The van der Waals surface area contributed by atoms with Gasteiger partial charge in [-0.15, -0.1) is 0 Å². The fourth-order valence-electron chi connectivity index (χ4n) is 3.98. The van der Waals surface area contributed by atoms with Crippen molar-refractivity contribution in [1.82, 2.24) is 0 Å². The molecule has 2 nitrogen and oxygen atoms in total. The first-order valence-corrected chi connectivity index (χ1v) is 12.4. The maximum absolute atomic E-state index is 13.2. The third kappa shape index (κ3) is 6.45. The molecule has 5 aromatic carbocycles. The summed E-state index contributed by atoms with van der Waals surface area (Å²) in [6, 6.07) is 32.3. The van der Waals surface area contributed by atoms with Crippen molar-refractivity contribution in [3.05, 3.63) is 177 Å². The fraction of sp³-hybridized carbons (Fsp3) is 0. The van der Waals surface area contributed by atoms with Gasteiger partial charge in [0.15, 0.2) is 11.6 Å². The Morgan fingerprint density at radius 3 is 1.10 bits per heavy atom. The Balaban J connectivity index is 1.32. The van der Waals surface area contributed by atoms with Crippen molar-refractivity contribution < 1.29 is 18.4 Å². The second-order valence-corrected chi connectivity index (χ2v) is 8.91. The van der Waals surface area contributed by atoms with Crippen molar-refractivity contribution in [1.29, 1.82) is 0 Å². The summed E-state index contributed by atoms with van der Waals surface area (Å²) < 4.78 is 26.4. The van der Waals surface area contributed by atoms with E-state index in [1.54, 1.807) is 36.4 Å². The van der Waals surface area contributed by atoms with Crippen LogP contribution in [0.2, 0.25) is 0 Å². The zero-order valence-corrected chi connectivity index (χ0v) is 21.1. The van der Waals surface area contributed by atoms with Crippen molar-refractivity contribution in [3.8, 4) is 23.7 Å². The lowest BCUT2D eigenvalue weighted by atomic mass is 10.0. The SMILES string of the molecule is O=C(c1ccc(F)cc1)c1cccc(C#Cc2cccc(C#Cc3cccc(C(=O)c4ccc(F)cc4)c3)c2)c1. The number of hydrogen-bond donors (Lipinski definition) is 0. The second-order valence-electron chi connectivity index (χ2n) is 8.91. The summed E-state index contributed by atoms with van der Waals surface area (Å²) in [6.07, 6.45) is 0. The van der Waals surface area contributed by atoms with Gasteiger partial charge in [-0.05, 0) is 91.0 Å². The quantitative estimate of drug-likeness (QED) is 0.184. The van der Waals surface area contributed by atoms with E-state index in [9.17, 15) is 18.4 Å². The van der Waals surface area contributed by atoms with Crippen LogP contribution < -0.4 is 0 Å². The van der Waals surface area contributed by atoms with Crippen LogP contribution in [0.4, 0.5) is 8.78 Å². The summed E-state index contributed by atoms with van der Waals surface area (Å²) in [7, 11) is 0. The molecule has 0 saturated carbocycles. The summed E-state index contributed by atoms with van der Waals surface area (Å²) in [6.45, 7) is 0. The predicted molar refractivity (Wildman–Crippen MR) is 151 cm³/mol. The molecule has 0 radical (unpaired) electrons. The Morgan fingerprint density at radius 2 is 0.725 bits per heavy atom. The lowest BCUT2D eigenvalue weighted by Gasteiger charge is -2.02. The van der Waals surface area contributed by atoms with Gasteiger partial charge in [-0.25, -0.2) is 8.78 Å². The number of hydrogen-bond acceptors (Lipinski definition) is 2. The number of benzene rings is 5. The van der Waals surface area contributed by atoms with E-state index in [-0.39, 0.29) is 11.6 Å². The molecule has 0 saturated heterocycles. The highest BCUT2D eigenvalue weighted by Crippen LogP contribution is 2.14. The summed E-state index contributed by atoms with van der Waals surface area (Å²) >= 11 is 0. The standard InChI is InChI=1S/C36H20F2O2/c37-33-18-14-29(15-19-33)35(39)31-8-2-6-27(23-31)12-10-25-4-1-5-26(22-25)11-13-28-7-3-9-32(24-28)36(40)30-16-20-34(38)21-17-30/h1-9,14-24H. The molecule has 0 N–H and O–H groups in total. The molecule has 5 rings (SSSR count). The van der Waals surface area contributed by atoms with Gasteiger partial charge in [-0.1, -0.05) is 54.0 Å². The molecule has 40 heavy (non-hydrogen) atoms. The summed E-state index contributed by atoms with van der Waals surface area (Å²) in [5.41, 5.74) is 4.60. The van der Waals surface area contributed by atoms with Crippen LogP contribution in [0.25, 0.3) is 0 Å². The van der Waals surface area contributed by atoms with Crippen molar-refractivity contribution in [2.45, 2.75) is 0 Å². The van der Waals surface area contributed by atoms with Gasteiger partial charge in [-0.2, -0.15) is 0 Å². The molecule has 0 fully saturated rings. The Hall–Kier alpha value is -5.58. The molecule has 0 aliphatic heterocycles. The maximum Gasteiger partial charge on any atom is 0.193 e. The molecule has 4 heteroatoms. The van der Waals surface area contributed by atoms with Gasteiger partial charge in [0.25, 0.3) is 0 Å². The van der Waals surface area contributed by atoms with Crippen molar-refractivity contribution in [3.63, 3.8) is 0 Å². The molecular formula is C36H20F2O2. The van der Waals surface area contributed by atoms with Gasteiger partial charge in [0.05, 0.1) is 0 Å². The minimum Gasteiger partial charge on any atom is -0.289 e. The first-order valence-electron chi connectivity index (χ1n) is 12.4. The second kappa shape index (κ2) is 11.9. The van der Waals surface area contributed by atoms with Gasteiger partial charge >= 0.3 is 0 Å². The largest absolute Gasteiger partial charge is 0.289 e. The van der Waals surface area contributed by atoms with E-state index in [0.29, 0.717) is 33.4 Å². The Labute approximate surface area is 231 Å². The maximum atomic E-state index is 13.2. The normalized spacial score (nSPS) is 10.1. The highest BCUT2D eigenvalue weighted by molar-refractivity contribution is 6.09. The molecule has 0 atom stereocenters. The first-order chi connectivity index (χ1) is 19.4. The first kappa shape index (κ1) is 26.0. The zero-order valence-electron chi connectivity index (χ0n) is 21.1. The molecule has 0 aromatic heterocycles. The Bertz CT molecular complexity index is 1710. The lowest BCUT2D eigenvalue weighted by Crippen LogP contribution is -2.01. The summed E-state index contributed by atoms with van der Waals surface area (Å²) in [5.74, 6) is 11.2. The molecular weight excluding hydrogens is 502 g/mol. The zero-order chi connectivity index (χ0) is 27.9. The van der Waals surface area contributed by atoms with Gasteiger partial charge in [0, 0.05) is 44.5 Å². The predicted octanol–water partition coefficient (Wildman–Crippen LogP) is 7.23. The monoisotopic (exact) mass is 522 g/mol. The van der Waals surface area contributed by atoms with Crippen LogP contribution in [0.1, 0.15) is 54.1 Å². The van der Waals surface area contributed by atoms with Crippen LogP contribution in [0.15, 0.2) is 121 Å². The van der Waals surface area contributed by atoms with E-state index in [4.69, 9.17) is 0 Å². The van der Waals surface area contributed by atoms with E-state index in [2.05, 4.69) is 23.7 Å². The number of carbonyl (C=O) groups excluding carboxylic acids is 2. The van der Waals surface area contributed by atoms with Crippen LogP contribution in [0.5, 0.6) is 0 Å². The van der Waals surface area contributed by atoms with E-state index >= 15 is 0 Å². The summed E-state index contributed by atoms with van der Waals surface area (Å²) in [5, 5.41) is 0. The number of carbonyl (C=O) groups is 2. The minimum atomic E-state index is -0.395. The molecule has 0 unspecified atom stereocenters. The van der Waals surface area contributed by atoms with E-state index in [1.165, 1.54) is 48.5 Å². The highest BCUT2D eigenvalue weighted by atomic mass is 19.1. The Morgan fingerprint density at radius 1 is 0.400 bits per heavy atom. The molecule has 0 aliphatic carbocycles. The number of ketones is 2. The third-order valence-electron chi connectivity index (χ3n) is 6.03. The van der Waals surface area contributed by atoms with E-state index in [0.717, 1.165) is 11.1 Å². The molecule has 0 bridgehead atoms. The Kier molecular flexibility index (Phi) is 7.72. The highest BCUT2D eigenvalue weighted by Gasteiger charge is 2.10. The average molecular weight is 523 g/mol. The average Bonchev–Trinajstić information content (AvgIpc) is 2.99. The molecule has 0 aliphatic rings. The van der Waals surface area contributed by atoms with Crippen molar-refractivity contribution >= 4 is 11.6 Å². The molecule has 0 heterocycles. The molecule has 0 spiro atoms. The van der Waals surface area contributed by atoms with Crippen LogP contribution in [-0.4, -0.2) is 11.6 Å². The van der Waals surface area contributed by atoms with Crippen molar-refractivity contribution in [2.75, 3.05) is 0 Å². The number of halogens is 2. The van der Waals surface area contributed by atoms with Gasteiger partial charge in [0.1, 0.15) is 11.6 Å². The third-order valence-corrected chi connectivity index (χ3v) is 6.03. The van der Waals surface area contributed by atoms with Crippen molar-refractivity contribution in [2.24, 2.45) is 0 Å². The van der Waals surface area contributed by atoms with Gasteiger partial charge < -0.3 is 0 Å². The smallest absolute Gasteiger partial charge is 0.193 e. The minimum absolute atomic E-state index is 0.204. The van der Waals surface area contributed by atoms with Gasteiger partial charge in [-0.3, -0.25) is 9.59 Å². The molecule has 0 amide bonds. The topological polar surface area (TPSA) is 34.1 Å². The van der Waals surface area contributed by atoms with Crippen LogP contribution in [-0.2, 0) is 0 Å². The summed E-state index contributed by atoms with van der Waals surface area (Å²) in [4.78, 5) is 25.5. The molecule has 190 valence electrons. The van der Waals surface area contributed by atoms with Crippen LogP contribution in [0.3, 0.4) is 0 Å². The molecule has 5 aromatic rings. The number of rotatable bonds is 4.